The van der Waals surface area contributed by atoms with Gasteiger partial charge < -0.3 is 15.7 Å². The van der Waals surface area contributed by atoms with Gasteiger partial charge in [-0.3, -0.25) is 9.59 Å². The second kappa shape index (κ2) is 12.1. The van der Waals surface area contributed by atoms with E-state index in [0.717, 1.165) is 24.7 Å². The fourth-order valence-corrected chi connectivity index (χ4v) is 6.54. The quantitative estimate of drug-likeness (QED) is 0.382. The normalized spacial score (nSPS) is 22.7. The number of hydrogen-bond acceptors (Lipinski definition) is 5. The summed E-state index contributed by atoms with van der Waals surface area (Å²) in [4.78, 5) is 26.4. The molecule has 0 aliphatic heterocycles. The molecule has 0 radical (unpaired) electrons. The van der Waals surface area contributed by atoms with Crippen LogP contribution in [-0.2, 0) is 21.1 Å². The van der Waals surface area contributed by atoms with Crippen molar-refractivity contribution in [2.24, 2.45) is 17.8 Å². The van der Waals surface area contributed by atoms with Crippen LogP contribution in [0, 0.1) is 30.1 Å². The topological polar surface area (TPSA) is 113 Å². The van der Waals surface area contributed by atoms with Gasteiger partial charge in [-0.15, -0.1) is 12.3 Å². The van der Waals surface area contributed by atoms with Crippen molar-refractivity contribution in [3.05, 3.63) is 65.7 Å². The summed E-state index contributed by atoms with van der Waals surface area (Å²) < 4.78 is 23.9. The molecule has 7 nitrogen and oxygen atoms in total. The fraction of sp³-hybridized carbons (Fsp3) is 0.467. The van der Waals surface area contributed by atoms with Crippen LogP contribution in [0.5, 0.6) is 0 Å². The minimum atomic E-state index is -3.49. The summed E-state index contributed by atoms with van der Waals surface area (Å²) in [5.74, 6) is 2.54. The molecule has 2 aromatic carbocycles. The van der Waals surface area contributed by atoms with E-state index in [1.54, 1.807) is 0 Å². The van der Waals surface area contributed by atoms with E-state index in [9.17, 15) is 23.1 Å². The highest BCUT2D eigenvalue weighted by molar-refractivity contribution is 7.90. The SMILES string of the molecule is C#CC[C@H](C[C@H](O)[C@H](Cc1ccccc1)NC(=O)c1cccc(S(C)(=O)=O)c1)C(=O)NC1C[C@H]2CC[C@@H]1C2. The highest BCUT2D eigenvalue weighted by Crippen LogP contribution is 2.44. The summed E-state index contributed by atoms with van der Waals surface area (Å²) in [6.45, 7) is 0. The van der Waals surface area contributed by atoms with Crippen molar-refractivity contribution in [3.63, 3.8) is 0 Å². The van der Waals surface area contributed by atoms with Gasteiger partial charge in [0, 0.05) is 24.3 Å². The molecule has 0 heterocycles. The molecule has 2 bridgehead atoms. The Bertz CT molecular complexity index is 1290. The first-order valence-electron chi connectivity index (χ1n) is 13.2. The van der Waals surface area contributed by atoms with Gasteiger partial charge in [0.05, 0.1) is 23.0 Å². The Morgan fingerprint density at radius 3 is 2.50 bits per heavy atom. The molecule has 0 saturated heterocycles. The number of carbonyl (C=O) groups is 2. The number of terminal acetylenes is 1. The van der Waals surface area contributed by atoms with Crippen LogP contribution in [0.2, 0.25) is 0 Å². The number of aliphatic hydroxyl groups excluding tert-OH is 1. The average Bonchev–Trinajstić information content (AvgIpc) is 3.51. The van der Waals surface area contributed by atoms with Crippen LogP contribution in [0.15, 0.2) is 59.5 Å². The lowest BCUT2D eigenvalue weighted by Gasteiger charge is -2.29. The molecule has 2 aliphatic carbocycles. The predicted molar refractivity (Wildman–Crippen MR) is 146 cm³/mol. The van der Waals surface area contributed by atoms with E-state index in [-0.39, 0.29) is 35.2 Å². The summed E-state index contributed by atoms with van der Waals surface area (Å²) >= 11 is 0. The molecule has 0 spiro atoms. The Hall–Kier alpha value is -3.15. The van der Waals surface area contributed by atoms with Crippen molar-refractivity contribution in [1.82, 2.24) is 10.6 Å². The van der Waals surface area contributed by atoms with Crippen LogP contribution in [0.25, 0.3) is 0 Å². The molecular weight excluding hydrogens is 500 g/mol. The number of sulfone groups is 1. The average molecular weight is 537 g/mol. The molecule has 3 N–H and O–H groups in total. The van der Waals surface area contributed by atoms with Crippen LogP contribution >= 0.6 is 0 Å². The maximum absolute atomic E-state index is 13.2. The van der Waals surface area contributed by atoms with Gasteiger partial charge >= 0.3 is 0 Å². The number of amides is 2. The van der Waals surface area contributed by atoms with E-state index in [1.807, 2.05) is 30.3 Å². The molecule has 8 heteroatoms. The summed E-state index contributed by atoms with van der Waals surface area (Å²) in [5.41, 5.74) is 1.08. The van der Waals surface area contributed by atoms with E-state index < -0.39 is 33.8 Å². The molecule has 202 valence electrons. The van der Waals surface area contributed by atoms with E-state index in [1.165, 1.54) is 37.1 Å². The van der Waals surface area contributed by atoms with E-state index in [0.29, 0.717) is 18.3 Å². The zero-order valence-corrected chi connectivity index (χ0v) is 22.5. The first kappa shape index (κ1) is 27.9. The Balaban J connectivity index is 1.49. The lowest BCUT2D eigenvalue weighted by molar-refractivity contribution is -0.127. The third-order valence-corrected chi connectivity index (χ3v) is 9.04. The fourth-order valence-electron chi connectivity index (χ4n) is 5.87. The number of rotatable bonds is 11. The molecule has 4 rings (SSSR count). The Labute approximate surface area is 225 Å². The standard InChI is InChI=1S/C30H36N2O5S/c1-3-8-23(29(34)31-26-17-21-13-14-22(26)15-21)19-28(33)27(16-20-9-5-4-6-10-20)32-30(35)24-11-7-12-25(18-24)38(2,36)37/h1,4-7,9-12,18,21-23,26-28,33H,8,13-17,19H2,2H3,(H,31,34)(H,32,35)/t21-,22+,23+,26?,27-,28-/m0/s1. The van der Waals surface area contributed by atoms with Gasteiger partial charge in [-0.25, -0.2) is 8.42 Å². The number of fused-ring (bicyclic) bond motifs is 2. The Morgan fingerprint density at radius 1 is 1.11 bits per heavy atom. The van der Waals surface area contributed by atoms with Crippen molar-refractivity contribution >= 4 is 21.7 Å². The second-order valence-electron chi connectivity index (χ2n) is 10.8. The number of carbonyl (C=O) groups excluding carboxylic acids is 2. The van der Waals surface area contributed by atoms with Gasteiger partial charge in [-0.2, -0.15) is 0 Å². The maximum atomic E-state index is 13.2. The molecule has 2 aliphatic rings. The largest absolute Gasteiger partial charge is 0.391 e. The summed E-state index contributed by atoms with van der Waals surface area (Å²) in [7, 11) is -3.49. The molecule has 2 amide bonds. The highest BCUT2D eigenvalue weighted by atomic mass is 32.2. The zero-order valence-electron chi connectivity index (χ0n) is 21.7. The van der Waals surface area contributed by atoms with Gasteiger partial charge in [0.15, 0.2) is 9.84 Å². The van der Waals surface area contributed by atoms with E-state index in [4.69, 9.17) is 6.42 Å². The van der Waals surface area contributed by atoms with Crippen molar-refractivity contribution in [2.75, 3.05) is 6.26 Å². The molecular formula is C30H36N2O5S. The minimum absolute atomic E-state index is 0.0386. The monoisotopic (exact) mass is 536 g/mol. The molecule has 1 unspecified atom stereocenters. The molecule has 6 atom stereocenters. The molecule has 2 aromatic rings. The highest BCUT2D eigenvalue weighted by Gasteiger charge is 2.41. The molecule has 2 saturated carbocycles. The van der Waals surface area contributed by atoms with Gasteiger partial charge in [0.2, 0.25) is 5.91 Å². The van der Waals surface area contributed by atoms with Crippen LogP contribution in [0.1, 0.15) is 54.4 Å². The summed E-state index contributed by atoms with van der Waals surface area (Å²) in [6, 6.07) is 14.7. The van der Waals surface area contributed by atoms with Gasteiger partial charge in [-0.05, 0) is 67.7 Å². The van der Waals surface area contributed by atoms with E-state index in [2.05, 4.69) is 16.6 Å². The lowest BCUT2D eigenvalue weighted by atomic mass is 9.89. The number of nitrogens with one attached hydrogen (secondary N) is 2. The van der Waals surface area contributed by atoms with Crippen molar-refractivity contribution in [2.45, 2.75) is 68.0 Å². The second-order valence-corrected chi connectivity index (χ2v) is 12.8. The summed E-state index contributed by atoms with van der Waals surface area (Å²) in [5, 5.41) is 17.4. The number of aliphatic hydroxyl groups is 1. The third-order valence-electron chi connectivity index (χ3n) is 7.93. The number of hydrogen-bond donors (Lipinski definition) is 3. The molecule has 38 heavy (non-hydrogen) atoms. The van der Waals surface area contributed by atoms with Crippen molar-refractivity contribution < 1.29 is 23.1 Å². The van der Waals surface area contributed by atoms with Crippen molar-refractivity contribution in [1.29, 1.82) is 0 Å². The smallest absolute Gasteiger partial charge is 0.251 e. The van der Waals surface area contributed by atoms with Crippen molar-refractivity contribution in [3.8, 4) is 12.3 Å². The van der Waals surface area contributed by atoms with Gasteiger partial charge in [0.25, 0.3) is 5.91 Å². The first-order chi connectivity index (χ1) is 18.1. The van der Waals surface area contributed by atoms with Crippen LogP contribution in [0.4, 0.5) is 0 Å². The predicted octanol–water partition coefficient (Wildman–Crippen LogP) is 3.13. The minimum Gasteiger partial charge on any atom is -0.391 e. The van der Waals surface area contributed by atoms with Crippen LogP contribution in [0.3, 0.4) is 0 Å². The lowest BCUT2D eigenvalue weighted by Crippen LogP contribution is -2.48. The number of benzene rings is 2. The maximum Gasteiger partial charge on any atom is 0.251 e. The molecule has 0 aromatic heterocycles. The molecule has 2 fully saturated rings. The summed E-state index contributed by atoms with van der Waals surface area (Å²) in [6.07, 6.45) is 10.8. The first-order valence-corrected chi connectivity index (χ1v) is 15.1. The van der Waals surface area contributed by atoms with Gasteiger partial charge in [0.1, 0.15) is 0 Å². The van der Waals surface area contributed by atoms with Crippen LogP contribution in [-0.4, -0.2) is 49.8 Å². The Kier molecular flexibility index (Phi) is 8.91. The Morgan fingerprint density at radius 2 is 1.87 bits per heavy atom. The zero-order chi connectivity index (χ0) is 27.3. The van der Waals surface area contributed by atoms with Gasteiger partial charge in [-0.1, -0.05) is 42.8 Å². The van der Waals surface area contributed by atoms with Crippen LogP contribution < -0.4 is 10.6 Å². The third kappa shape index (κ3) is 7.03. The van der Waals surface area contributed by atoms with E-state index >= 15 is 0 Å².